The number of anilines is 1. The zero-order chi connectivity index (χ0) is 17.8. The van der Waals surface area contributed by atoms with E-state index in [4.69, 9.17) is 0 Å². The van der Waals surface area contributed by atoms with Gasteiger partial charge in [0.2, 0.25) is 0 Å². The summed E-state index contributed by atoms with van der Waals surface area (Å²) in [5, 5.41) is 11.2. The molecule has 8 heteroatoms. The smallest absolute Gasteiger partial charge is 0.319 e. The number of halogens is 2. The Morgan fingerprint density at radius 3 is 2.68 bits per heavy atom. The first kappa shape index (κ1) is 17.1. The number of carbonyl (C=O) groups is 1. The summed E-state index contributed by atoms with van der Waals surface area (Å²) in [7, 11) is 0. The van der Waals surface area contributed by atoms with E-state index in [1.165, 1.54) is 6.07 Å². The average molecular weight is 362 g/mol. The van der Waals surface area contributed by atoms with E-state index in [9.17, 15) is 13.6 Å². The molecule has 2 amide bonds. The van der Waals surface area contributed by atoms with Gasteiger partial charge in [-0.3, -0.25) is 4.68 Å². The highest BCUT2D eigenvalue weighted by Gasteiger charge is 2.12. The monoisotopic (exact) mass is 362 g/mol. The normalized spacial score (nSPS) is 10.7. The molecule has 0 aliphatic rings. The molecular formula is C17H16F2N4OS. The minimum atomic E-state index is -0.821. The molecule has 25 heavy (non-hydrogen) atoms. The summed E-state index contributed by atoms with van der Waals surface area (Å²) < 4.78 is 28.8. The molecule has 130 valence electrons. The number of hydrogen-bond acceptors (Lipinski definition) is 3. The lowest BCUT2D eigenvalue weighted by atomic mass is 10.3. The molecule has 3 aromatic rings. The van der Waals surface area contributed by atoms with Crippen LogP contribution < -0.4 is 10.6 Å². The molecule has 5 nitrogen and oxygen atoms in total. The number of nitrogens with one attached hydrogen (secondary N) is 2. The van der Waals surface area contributed by atoms with E-state index in [-0.39, 0.29) is 6.54 Å². The van der Waals surface area contributed by atoms with Crippen LogP contribution in [0, 0.1) is 18.6 Å². The SMILES string of the molecule is Cc1cc(-c2cccs2)nn1CCNC(=O)Nc1c(F)cccc1F. The van der Waals surface area contributed by atoms with Crippen LogP contribution in [0.15, 0.2) is 41.8 Å². The summed E-state index contributed by atoms with van der Waals surface area (Å²) in [6, 6.07) is 8.65. The quantitative estimate of drug-likeness (QED) is 0.720. The molecular weight excluding hydrogens is 346 g/mol. The predicted molar refractivity (Wildman–Crippen MR) is 93.7 cm³/mol. The molecule has 2 heterocycles. The van der Waals surface area contributed by atoms with Crippen molar-refractivity contribution >= 4 is 23.1 Å². The van der Waals surface area contributed by atoms with Gasteiger partial charge in [0.25, 0.3) is 0 Å². The van der Waals surface area contributed by atoms with Gasteiger partial charge in [0.15, 0.2) is 0 Å². The summed E-state index contributed by atoms with van der Waals surface area (Å²) in [6.07, 6.45) is 0. The van der Waals surface area contributed by atoms with Crippen LogP contribution >= 0.6 is 11.3 Å². The Morgan fingerprint density at radius 1 is 1.24 bits per heavy atom. The Bertz CT molecular complexity index is 857. The highest BCUT2D eigenvalue weighted by molar-refractivity contribution is 7.13. The number of urea groups is 1. The van der Waals surface area contributed by atoms with Crippen molar-refractivity contribution in [2.24, 2.45) is 0 Å². The molecule has 1 aromatic carbocycles. The minimum Gasteiger partial charge on any atom is -0.336 e. The number of hydrogen-bond donors (Lipinski definition) is 2. The molecule has 0 spiro atoms. The standard InChI is InChI=1S/C17H16F2N4OS/c1-11-10-14(15-6-3-9-25-15)22-23(11)8-7-20-17(24)21-16-12(18)4-2-5-13(16)19/h2-6,9-10H,7-8H2,1H3,(H2,20,21,24). The van der Waals surface area contributed by atoms with Crippen LogP contribution in [0.25, 0.3) is 10.6 Å². The van der Waals surface area contributed by atoms with Crippen LogP contribution in [0.2, 0.25) is 0 Å². The molecule has 0 atom stereocenters. The van der Waals surface area contributed by atoms with E-state index in [0.717, 1.165) is 28.4 Å². The molecule has 0 saturated carbocycles. The lowest BCUT2D eigenvalue weighted by Crippen LogP contribution is -2.32. The van der Waals surface area contributed by atoms with Crippen LogP contribution in [0.3, 0.4) is 0 Å². The fourth-order valence-electron chi connectivity index (χ4n) is 2.33. The maximum atomic E-state index is 13.5. The number of nitrogens with zero attached hydrogens (tertiary/aromatic N) is 2. The second kappa shape index (κ2) is 7.43. The predicted octanol–water partition coefficient (Wildman–Crippen LogP) is 4.02. The first-order valence-electron chi connectivity index (χ1n) is 7.62. The lowest BCUT2D eigenvalue weighted by molar-refractivity contribution is 0.251. The van der Waals surface area contributed by atoms with E-state index in [1.807, 2.05) is 30.5 Å². The van der Waals surface area contributed by atoms with Crippen LogP contribution in [-0.2, 0) is 6.54 Å². The van der Waals surface area contributed by atoms with Crippen molar-refractivity contribution in [3.63, 3.8) is 0 Å². The van der Waals surface area contributed by atoms with Crippen LogP contribution in [-0.4, -0.2) is 22.4 Å². The number of benzene rings is 1. The Kier molecular flexibility index (Phi) is 5.08. The fraction of sp³-hybridized carbons (Fsp3) is 0.176. The number of carbonyl (C=O) groups excluding carboxylic acids is 1. The average Bonchev–Trinajstić information content (AvgIpc) is 3.21. The van der Waals surface area contributed by atoms with Crippen LogP contribution in [0.4, 0.5) is 19.3 Å². The Hall–Kier alpha value is -2.74. The molecule has 0 fully saturated rings. The van der Waals surface area contributed by atoms with E-state index >= 15 is 0 Å². The molecule has 2 N–H and O–H groups in total. The lowest BCUT2D eigenvalue weighted by Gasteiger charge is -2.10. The maximum Gasteiger partial charge on any atom is 0.319 e. The van der Waals surface area contributed by atoms with Gasteiger partial charge in [-0.05, 0) is 36.6 Å². The number of aryl methyl sites for hydroxylation is 1. The molecule has 2 aromatic heterocycles. The van der Waals surface area contributed by atoms with Crippen LogP contribution in [0.5, 0.6) is 0 Å². The van der Waals surface area contributed by atoms with Gasteiger partial charge in [0.05, 0.1) is 11.4 Å². The topological polar surface area (TPSA) is 59.0 Å². The molecule has 0 aliphatic carbocycles. The summed E-state index contributed by atoms with van der Waals surface area (Å²) in [6.45, 7) is 2.65. The highest BCUT2D eigenvalue weighted by atomic mass is 32.1. The molecule has 3 rings (SSSR count). The molecule has 0 saturated heterocycles. The van der Waals surface area contributed by atoms with Crippen LogP contribution in [0.1, 0.15) is 5.69 Å². The second-order valence-electron chi connectivity index (χ2n) is 5.35. The van der Waals surface area contributed by atoms with Crippen molar-refractivity contribution < 1.29 is 13.6 Å². The molecule has 0 bridgehead atoms. The Morgan fingerprint density at radius 2 is 2.00 bits per heavy atom. The number of thiophene rings is 1. The number of rotatable bonds is 5. The first-order chi connectivity index (χ1) is 12.0. The van der Waals surface area contributed by atoms with Crippen molar-refractivity contribution in [3.05, 3.63) is 59.1 Å². The molecule has 0 unspecified atom stereocenters. The Labute approximate surface area is 147 Å². The number of aromatic nitrogens is 2. The third-order valence-electron chi connectivity index (χ3n) is 3.57. The number of para-hydroxylation sites is 1. The van der Waals surface area contributed by atoms with Crippen molar-refractivity contribution in [1.82, 2.24) is 15.1 Å². The summed E-state index contributed by atoms with van der Waals surface area (Å²) in [5.41, 5.74) is 1.38. The third kappa shape index (κ3) is 4.03. The van der Waals surface area contributed by atoms with Gasteiger partial charge in [-0.1, -0.05) is 12.1 Å². The van der Waals surface area contributed by atoms with E-state index in [0.29, 0.717) is 6.54 Å². The third-order valence-corrected chi connectivity index (χ3v) is 4.46. The highest BCUT2D eigenvalue weighted by Crippen LogP contribution is 2.23. The molecule has 0 radical (unpaired) electrons. The minimum absolute atomic E-state index is 0.272. The van der Waals surface area contributed by atoms with E-state index in [1.54, 1.807) is 16.0 Å². The van der Waals surface area contributed by atoms with Gasteiger partial charge in [-0.15, -0.1) is 11.3 Å². The Balaban J connectivity index is 1.55. The fourth-order valence-corrected chi connectivity index (χ4v) is 3.01. The zero-order valence-electron chi connectivity index (χ0n) is 13.4. The van der Waals surface area contributed by atoms with Crippen molar-refractivity contribution in [1.29, 1.82) is 0 Å². The van der Waals surface area contributed by atoms with Gasteiger partial charge in [0.1, 0.15) is 23.0 Å². The summed E-state index contributed by atoms with van der Waals surface area (Å²) in [5.74, 6) is -1.64. The number of amides is 2. The first-order valence-corrected chi connectivity index (χ1v) is 8.50. The van der Waals surface area contributed by atoms with Crippen molar-refractivity contribution in [2.75, 3.05) is 11.9 Å². The second-order valence-corrected chi connectivity index (χ2v) is 6.30. The largest absolute Gasteiger partial charge is 0.336 e. The van der Waals surface area contributed by atoms with Gasteiger partial charge in [-0.25, -0.2) is 13.6 Å². The van der Waals surface area contributed by atoms with Gasteiger partial charge in [0, 0.05) is 12.2 Å². The van der Waals surface area contributed by atoms with E-state index < -0.39 is 23.4 Å². The van der Waals surface area contributed by atoms with Crippen molar-refractivity contribution in [3.8, 4) is 10.6 Å². The van der Waals surface area contributed by atoms with Gasteiger partial charge >= 0.3 is 6.03 Å². The summed E-state index contributed by atoms with van der Waals surface area (Å²) in [4.78, 5) is 12.9. The maximum absolute atomic E-state index is 13.5. The van der Waals surface area contributed by atoms with Gasteiger partial charge < -0.3 is 10.6 Å². The van der Waals surface area contributed by atoms with E-state index in [2.05, 4.69) is 15.7 Å². The van der Waals surface area contributed by atoms with Gasteiger partial charge in [-0.2, -0.15) is 5.10 Å². The zero-order valence-corrected chi connectivity index (χ0v) is 14.2. The van der Waals surface area contributed by atoms with Crippen molar-refractivity contribution in [2.45, 2.75) is 13.5 Å². The molecule has 0 aliphatic heterocycles. The summed E-state index contributed by atoms with van der Waals surface area (Å²) >= 11 is 1.60.